The van der Waals surface area contributed by atoms with E-state index in [1.807, 2.05) is 24.8 Å². The first kappa shape index (κ1) is 16.0. The Morgan fingerprint density at radius 2 is 2.05 bits per heavy atom. The SMILES string of the molecule is Cc1cc(C(=O)N2CCC(OCCC(=O)O)CC2)sc1C. The molecule has 1 aromatic rings. The molecule has 5 nitrogen and oxygen atoms in total. The molecule has 0 radical (unpaired) electrons. The fourth-order valence-electron chi connectivity index (χ4n) is 2.37. The van der Waals surface area contributed by atoms with E-state index in [1.54, 1.807) is 11.3 Å². The van der Waals surface area contributed by atoms with Gasteiger partial charge in [-0.1, -0.05) is 0 Å². The van der Waals surface area contributed by atoms with E-state index in [1.165, 1.54) is 4.88 Å². The van der Waals surface area contributed by atoms with Crippen molar-refractivity contribution >= 4 is 23.2 Å². The molecule has 0 saturated carbocycles. The van der Waals surface area contributed by atoms with Crippen molar-refractivity contribution < 1.29 is 19.4 Å². The fraction of sp³-hybridized carbons (Fsp3) is 0.600. The van der Waals surface area contributed by atoms with Crippen molar-refractivity contribution in [3.05, 3.63) is 21.4 Å². The van der Waals surface area contributed by atoms with Gasteiger partial charge in [0.25, 0.3) is 5.91 Å². The van der Waals surface area contributed by atoms with E-state index in [4.69, 9.17) is 9.84 Å². The maximum absolute atomic E-state index is 12.4. The monoisotopic (exact) mass is 311 g/mol. The number of rotatable bonds is 5. The first-order chi connectivity index (χ1) is 9.97. The van der Waals surface area contributed by atoms with Crippen LogP contribution in [0.3, 0.4) is 0 Å². The van der Waals surface area contributed by atoms with Crippen molar-refractivity contribution in [3.63, 3.8) is 0 Å². The molecule has 0 aliphatic carbocycles. The zero-order chi connectivity index (χ0) is 15.4. The molecule has 21 heavy (non-hydrogen) atoms. The molecule has 2 rings (SSSR count). The second-order valence-electron chi connectivity index (χ2n) is 5.36. The lowest BCUT2D eigenvalue weighted by molar-refractivity contribution is -0.138. The van der Waals surface area contributed by atoms with Crippen LogP contribution in [0.1, 0.15) is 39.4 Å². The third-order valence-corrected chi connectivity index (χ3v) is 4.92. The van der Waals surface area contributed by atoms with Gasteiger partial charge in [-0.3, -0.25) is 9.59 Å². The smallest absolute Gasteiger partial charge is 0.305 e. The Bertz CT molecular complexity index is 498. The van der Waals surface area contributed by atoms with Gasteiger partial charge in [-0.25, -0.2) is 0 Å². The van der Waals surface area contributed by atoms with Gasteiger partial charge in [0.15, 0.2) is 0 Å². The molecule has 0 spiro atoms. The second kappa shape index (κ2) is 7.04. The van der Waals surface area contributed by atoms with Crippen LogP contribution in [0.5, 0.6) is 0 Å². The van der Waals surface area contributed by atoms with E-state index in [-0.39, 0.29) is 25.0 Å². The van der Waals surface area contributed by atoms with E-state index in [0.29, 0.717) is 13.1 Å². The quantitative estimate of drug-likeness (QED) is 0.907. The number of amides is 1. The lowest BCUT2D eigenvalue weighted by Crippen LogP contribution is -2.40. The number of likely N-dealkylation sites (tertiary alicyclic amines) is 1. The van der Waals surface area contributed by atoms with Crippen molar-refractivity contribution in [2.45, 2.75) is 39.2 Å². The molecule has 116 valence electrons. The highest BCUT2D eigenvalue weighted by Gasteiger charge is 2.25. The predicted octanol–water partition coefficient (Wildman–Crippen LogP) is 2.46. The summed E-state index contributed by atoms with van der Waals surface area (Å²) < 4.78 is 5.53. The summed E-state index contributed by atoms with van der Waals surface area (Å²) >= 11 is 1.55. The minimum absolute atomic E-state index is 0.0346. The first-order valence-corrected chi connectivity index (χ1v) is 7.98. The summed E-state index contributed by atoms with van der Waals surface area (Å²) in [5.41, 5.74) is 1.16. The number of thiophene rings is 1. The maximum Gasteiger partial charge on any atom is 0.305 e. The largest absolute Gasteiger partial charge is 0.481 e. The maximum atomic E-state index is 12.4. The van der Waals surface area contributed by atoms with Gasteiger partial charge >= 0.3 is 5.97 Å². The lowest BCUT2D eigenvalue weighted by Gasteiger charge is -2.31. The molecule has 2 heterocycles. The number of piperidine rings is 1. The highest BCUT2D eigenvalue weighted by Crippen LogP contribution is 2.24. The van der Waals surface area contributed by atoms with Crippen LogP contribution in [0.4, 0.5) is 0 Å². The standard InChI is InChI=1S/C15H21NO4S/c1-10-9-13(21-11(10)2)15(19)16-6-3-12(4-7-16)20-8-5-14(17)18/h9,12H,3-8H2,1-2H3,(H,17,18). The molecule has 0 unspecified atom stereocenters. The average molecular weight is 311 g/mol. The van der Waals surface area contributed by atoms with E-state index < -0.39 is 5.97 Å². The minimum atomic E-state index is -0.842. The second-order valence-corrected chi connectivity index (χ2v) is 6.61. The van der Waals surface area contributed by atoms with Gasteiger partial charge in [-0.15, -0.1) is 11.3 Å². The summed E-state index contributed by atoms with van der Waals surface area (Å²) in [6.45, 7) is 5.64. The van der Waals surface area contributed by atoms with Crippen LogP contribution < -0.4 is 0 Å². The van der Waals surface area contributed by atoms with Crippen LogP contribution in [-0.2, 0) is 9.53 Å². The summed E-state index contributed by atoms with van der Waals surface area (Å²) in [5, 5.41) is 8.58. The number of aryl methyl sites for hydroxylation is 2. The summed E-state index contributed by atoms with van der Waals surface area (Å²) in [6, 6.07) is 1.96. The highest BCUT2D eigenvalue weighted by molar-refractivity contribution is 7.14. The summed E-state index contributed by atoms with van der Waals surface area (Å²) in [4.78, 5) is 26.7. The summed E-state index contributed by atoms with van der Waals surface area (Å²) in [6.07, 6.45) is 1.65. The Morgan fingerprint density at radius 3 is 2.57 bits per heavy atom. The average Bonchev–Trinajstić information content (AvgIpc) is 2.78. The van der Waals surface area contributed by atoms with Crippen molar-refractivity contribution in [3.8, 4) is 0 Å². The molecule has 0 bridgehead atoms. The molecule has 6 heteroatoms. The molecule has 0 aromatic carbocycles. The zero-order valence-electron chi connectivity index (χ0n) is 12.4. The molecular weight excluding hydrogens is 290 g/mol. The minimum Gasteiger partial charge on any atom is -0.481 e. The van der Waals surface area contributed by atoms with Crippen LogP contribution in [-0.4, -0.2) is 47.7 Å². The number of aliphatic carboxylic acids is 1. The van der Waals surface area contributed by atoms with Crippen molar-refractivity contribution in [2.24, 2.45) is 0 Å². The number of nitrogens with zero attached hydrogens (tertiary/aromatic N) is 1. The number of ether oxygens (including phenoxy) is 1. The third kappa shape index (κ3) is 4.28. The molecule has 1 aliphatic rings. The Hall–Kier alpha value is -1.40. The lowest BCUT2D eigenvalue weighted by atomic mass is 10.1. The number of hydrogen-bond acceptors (Lipinski definition) is 4. The van der Waals surface area contributed by atoms with Crippen LogP contribution in [0.15, 0.2) is 6.07 Å². The molecule has 1 aliphatic heterocycles. The predicted molar refractivity (Wildman–Crippen MR) is 80.9 cm³/mol. The van der Waals surface area contributed by atoms with Gasteiger partial charge in [0.05, 0.1) is 24.0 Å². The number of carboxylic acid groups (broad SMARTS) is 1. The molecule has 1 fully saturated rings. The number of carboxylic acids is 1. The number of hydrogen-bond donors (Lipinski definition) is 1. The Kier molecular flexibility index (Phi) is 5.36. The first-order valence-electron chi connectivity index (χ1n) is 7.17. The van der Waals surface area contributed by atoms with E-state index in [9.17, 15) is 9.59 Å². The van der Waals surface area contributed by atoms with Crippen molar-refractivity contribution in [1.82, 2.24) is 4.90 Å². The van der Waals surface area contributed by atoms with Gasteiger partial charge in [-0.2, -0.15) is 0 Å². The molecule has 1 amide bonds. The van der Waals surface area contributed by atoms with Crippen LogP contribution in [0.25, 0.3) is 0 Å². The van der Waals surface area contributed by atoms with Crippen LogP contribution in [0, 0.1) is 13.8 Å². The number of carbonyl (C=O) groups is 2. The Balaban J connectivity index is 1.80. The van der Waals surface area contributed by atoms with Gasteiger partial charge in [0.2, 0.25) is 0 Å². The third-order valence-electron chi connectivity index (χ3n) is 3.78. The normalized spacial score (nSPS) is 16.2. The van der Waals surface area contributed by atoms with Gasteiger partial charge < -0.3 is 14.7 Å². The van der Waals surface area contributed by atoms with E-state index in [2.05, 4.69) is 0 Å². The van der Waals surface area contributed by atoms with Crippen LogP contribution >= 0.6 is 11.3 Å². The molecular formula is C15H21NO4S. The summed E-state index contributed by atoms with van der Waals surface area (Å²) in [5.74, 6) is -0.744. The van der Waals surface area contributed by atoms with E-state index in [0.717, 1.165) is 23.3 Å². The number of carbonyl (C=O) groups excluding carboxylic acids is 1. The van der Waals surface area contributed by atoms with Crippen LogP contribution in [0.2, 0.25) is 0 Å². The molecule has 1 saturated heterocycles. The molecule has 1 aromatic heterocycles. The Morgan fingerprint density at radius 1 is 1.38 bits per heavy atom. The van der Waals surface area contributed by atoms with Gasteiger partial charge in [-0.05, 0) is 38.3 Å². The van der Waals surface area contributed by atoms with Gasteiger partial charge in [0.1, 0.15) is 0 Å². The van der Waals surface area contributed by atoms with Crippen molar-refractivity contribution in [1.29, 1.82) is 0 Å². The van der Waals surface area contributed by atoms with Gasteiger partial charge in [0, 0.05) is 18.0 Å². The molecule has 1 N–H and O–H groups in total. The van der Waals surface area contributed by atoms with E-state index >= 15 is 0 Å². The van der Waals surface area contributed by atoms with Crippen molar-refractivity contribution in [2.75, 3.05) is 19.7 Å². The Labute approximate surface area is 128 Å². The highest BCUT2D eigenvalue weighted by atomic mass is 32.1. The zero-order valence-corrected chi connectivity index (χ0v) is 13.2. The summed E-state index contributed by atoms with van der Waals surface area (Å²) in [7, 11) is 0. The fourth-order valence-corrected chi connectivity index (χ4v) is 3.37. The topological polar surface area (TPSA) is 66.8 Å². The molecule has 0 atom stereocenters.